The molecule has 1 aromatic rings. The van der Waals surface area contributed by atoms with E-state index in [0.717, 1.165) is 6.07 Å². The molecule has 14 nitrogen and oxygen atoms in total. The summed E-state index contributed by atoms with van der Waals surface area (Å²) in [6, 6.07) is 0.853. The van der Waals surface area contributed by atoms with Gasteiger partial charge in [0.25, 0.3) is 0 Å². The standard InChI is InChI=1S/C23H34O14/c1-7(2)3-8(26)13-10(36-23-21(34)19(32)16(29)12(6-25)37-23)4-9(27)14(17(13)30)22-20(33)18(31)15(28)11(5-24)35-22/h4,7,11-12,15-16,18-25,27-34H,3,5-6H2,1-2H3. The number of phenols is 2. The number of ether oxygens (including phenoxy) is 3. The zero-order chi connectivity index (χ0) is 27.8. The highest BCUT2D eigenvalue weighted by Gasteiger charge is 2.48. The summed E-state index contributed by atoms with van der Waals surface area (Å²) in [6.45, 7) is 1.90. The van der Waals surface area contributed by atoms with Crippen molar-refractivity contribution in [2.45, 2.75) is 81.5 Å². The van der Waals surface area contributed by atoms with E-state index in [9.17, 15) is 55.9 Å². The Morgan fingerprint density at radius 3 is 1.95 bits per heavy atom. The molecular weight excluding hydrogens is 500 g/mol. The Morgan fingerprint density at radius 1 is 0.865 bits per heavy atom. The van der Waals surface area contributed by atoms with Gasteiger partial charge in [-0.15, -0.1) is 0 Å². The number of ketones is 1. The van der Waals surface area contributed by atoms with Gasteiger partial charge in [-0.25, -0.2) is 0 Å². The fourth-order valence-corrected chi connectivity index (χ4v) is 4.39. The van der Waals surface area contributed by atoms with Gasteiger partial charge in [-0.05, 0) is 5.92 Å². The zero-order valence-corrected chi connectivity index (χ0v) is 20.2. The molecule has 0 spiro atoms. The lowest BCUT2D eigenvalue weighted by Crippen LogP contribution is -2.60. The minimum atomic E-state index is -1.89. The number of rotatable bonds is 8. The van der Waals surface area contributed by atoms with Gasteiger partial charge in [0.15, 0.2) is 5.78 Å². The average Bonchev–Trinajstić information content (AvgIpc) is 2.83. The Hall–Kier alpha value is -2.11. The first-order valence-corrected chi connectivity index (χ1v) is 11.7. The van der Waals surface area contributed by atoms with Crippen LogP contribution in [0.4, 0.5) is 0 Å². The molecular formula is C23H34O14. The molecule has 2 aliphatic rings. The number of Topliss-reactive ketones (excluding diaryl/α,β-unsaturated/α-hetero) is 1. The van der Waals surface area contributed by atoms with Gasteiger partial charge < -0.3 is 65.3 Å². The zero-order valence-electron chi connectivity index (χ0n) is 20.2. The molecule has 10 atom stereocenters. The van der Waals surface area contributed by atoms with Crippen LogP contribution in [-0.4, -0.2) is 125 Å². The lowest BCUT2D eigenvalue weighted by Gasteiger charge is -2.41. The van der Waals surface area contributed by atoms with Crippen LogP contribution in [0.15, 0.2) is 6.07 Å². The van der Waals surface area contributed by atoms with Crippen molar-refractivity contribution in [3.8, 4) is 17.2 Å². The predicted octanol–water partition coefficient (Wildman–Crippen LogP) is -2.98. The Bertz CT molecular complexity index is 950. The van der Waals surface area contributed by atoms with Crippen LogP contribution >= 0.6 is 0 Å². The number of aliphatic hydroxyl groups excluding tert-OH is 8. The summed E-state index contributed by atoms with van der Waals surface area (Å²) in [5.74, 6) is -3.11. The molecule has 2 aliphatic heterocycles. The smallest absolute Gasteiger partial charge is 0.229 e. The van der Waals surface area contributed by atoms with Crippen molar-refractivity contribution in [2.24, 2.45) is 5.92 Å². The summed E-state index contributed by atoms with van der Waals surface area (Å²) in [7, 11) is 0. The van der Waals surface area contributed by atoms with Crippen molar-refractivity contribution in [1.82, 2.24) is 0 Å². The Kier molecular flexibility index (Phi) is 9.34. The molecule has 37 heavy (non-hydrogen) atoms. The molecule has 3 rings (SSSR count). The lowest BCUT2D eigenvalue weighted by atomic mass is 9.88. The van der Waals surface area contributed by atoms with Crippen LogP contribution in [0.3, 0.4) is 0 Å². The highest BCUT2D eigenvalue weighted by molar-refractivity contribution is 6.02. The first kappa shape index (κ1) is 29.4. The second-order valence-electron chi connectivity index (χ2n) is 9.62. The maximum absolute atomic E-state index is 13.1. The van der Waals surface area contributed by atoms with Crippen molar-refractivity contribution in [3.05, 3.63) is 17.2 Å². The number of phenolic OH excluding ortho intramolecular Hbond substituents is 2. The molecule has 2 heterocycles. The van der Waals surface area contributed by atoms with E-state index in [1.807, 2.05) is 0 Å². The van der Waals surface area contributed by atoms with E-state index in [0.29, 0.717) is 0 Å². The summed E-state index contributed by atoms with van der Waals surface area (Å²) in [5.41, 5.74) is -1.06. The number of carbonyl (C=O) groups is 1. The molecule has 10 unspecified atom stereocenters. The van der Waals surface area contributed by atoms with E-state index in [4.69, 9.17) is 14.2 Å². The average molecular weight is 535 g/mol. The summed E-state index contributed by atoms with van der Waals surface area (Å²) in [4.78, 5) is 13.1. The maximum atomic E-state index is 13.1. The van der Waals surface area contributed by atoms with Crippen LogP contribution in [0.25, 0.3) is 0 Å². The minimum absolute atomic E-state index is 0.127. The minimum Gasteiger partial charge on any atom is -0.507 e. The second-order valence-corrected chi connectivity index (χ2v) is 9.62. The van der Waals surface area contributed by atoms with E-state index >= 15 is 0 Å². The van der Waals surface area contributed by atoms with Gasteiger partial charge in [0, 0.05) is 12.5 Å². The molecule has 14 heteroatoms. The molecule has 0 aromatic heterocycles. The van der Waals surface area contributed by atoms with Crippen LogP contribution in [0, 0.1) is 5.92 Å². The number of aliphatic hydroxyl groups is 8. The number of benzene rings is 1. The maximum Gasteiger partial charge on any atom is 0.229 e. The molecule has 0 amide bonds. The number of carbonyl (C=O) groups excluding carboxylic acids is 1. The van der Waals surface area contributed by atoms with Crippen LogP contribution in [-0.2, 0) is 9.47 Å². The van der Waals surface area contributed by atoms with Gasteiger partial charge in [-0.3, -0.25) is 4.79 Å². The fraction of sp³-hybridized carbons (Fsp3) is 0.696. The van der Waals surface area contributed by atoms with Crippen molar-refractivity contribution < 1.29 is 70.1 Å². The molecule has 210 valence electrons. The van der Waals surface area contributed by atoms with Gasteiger partial charge in [0.2, 0.25) is 6.29 Å². The van der Waals surface area contributed by atoms with Gasteiger partial charge in [0.05, 0.1) is 18.8 Å². The third-order valence-electron chi connectivity index (χ3n) is 6.42. The molecule has 2 saturated heterocycles. The fourth-order valence-electron chi connectivity index (χ4n) is 4.39. The SMILES string of the molecule is CC(C)CC(=O)c1c(OC2OC(CO)C(O)C(O)C2O)cc(O)c(C2OC(CO)C(O)C(O)C2O)c1O. The topological polar surface area (TPSA) is 247 Å². The number of aromatic hydroxyl groups is 2. The van der Waals surface area contributed by atoms with E-state index in [1.54, 1.807) is 13.8 Å². The third kappa shape index (κ3) is 5.68. The second kappa shape index (κ2) is 11.7. The third-order valence-corrected chi connectivity index (χ3v) is 6.42. The van der Waals surface area contributed by atoms with Crippen LogP contribution < -0.4 is 4.74 Å². The Labute approximate surface area is 211 Å². The lowest BCUT2D eigenvalue weighted by molar-refractivity contribution is -0.277. The van der Waals surface area contributed by atoms with Crippen LogP contribution in [0.2, 0.25) is 0 Å². The van der Waals surface area contributed by atoms with Crippen molar-refractivity contribution >= 4 is 5.78 Å². The largest absolute Gasteiger partial charge is 0.507 e. The highest BCUT2D eigenvalue weighted by atomic mass is 16.7. The summed E-state index contributed by atoms with van der Waals surface area (Å²) >= 11 is 0. The van der Waals surface area contributed by atoms with Gasteiger partial charge >= 0.3 is 0 Å². The van der Waals surface area contributed by atoms with Gasteiger partial charge in [-0.2, -0.15) is 0 Å². The van der Waals surface area contributed by atoms with E-state index in [2.05, 4.69) is 0 Å². The molecule has 0 bridgehead atoms. The number of hydrogen-bond donors (Lipinski definition) is 10. The summed E-state index contributed by atoms with van der Waals surface area (Å²) in [6.07, 6.45) is -17.1. The molecule has 0 aliphatic carbocycles. The van der Waals surface area contributed by atoms with Gasteiger partial charge in [-0.1, -0.05) is 13.8 Å². The summed E-state index contributed by atoms with van der Waals surface area (Å²) < 4.78 is 16.2. The molecule has 0 radical (unpaired) electrons. The van der Waals surface area contributed by atoms with E-state index in [-0.39, 0.29) is 12.3 Å². The Balaban J connectivity index is 2.09. The summed E-state index contributed by atoms with van der Waals surface area (Å²) in [5, 5.41) is 102. The van der Waals surface area contributed by atoms with E-state index < -0.39 is 109 Å². The van der Waals surface area contributed by atoms with Crippen molar-refractivity contribution in [1.29, 1.82) is 0 Å². The highest BCUT2D eigenvalue weighted by Crippen LogP contribution is 2.47. The quantitative estimate of drug-likeness (QED) is 0.150. The molecule has 1 aromatic carbocycles. The monoisotopic (exact) mass is 534 g/mol. The predicted molar refractivity (Wildman–Crippen MR) is 121 cm³/mol. The number of hydrogen-bond acceptors (Lipinski definition) is 14. The van der Waals surface area contributed by atoms with Crippen molar-refractivity contribution in [2.75, 3.05) is 13.2 Å². The van der Waals surface area contributed by atoms with Crippen LogP contribution in [0.1, 0.15) is 42.3 Å². The first-order valence-electron chi connectivity index (χ1n) is 11.7. The molecule has 10 N–H and O–H groups in total. The van der Waals surface area contributed by atoms with Crippen molar-refractivity contribution in [3.63, 3.8) is 0 Å². The van der Waals surface area contributed by atoms with E-state index in [1.165, 1.54) is 0 Å². The molecule has 0 saturated carbocycles. The normalized spacial score (nSPS) is 36.5. The molecule has 2 fully saturated rings. The Morgan fingerprint density at radius 2 is 1.41 bits per heavy atom. The van der Waals surface area contributed by atoms with Gasteiger partial charge in [0.1, 0.15) is 77.7 Å². The van der Waals surface area contributed by atoms with Crippen LogP contribution in [0.5, 0.6) is 17.2 Å². The first-order chi connectivity index (χ1) is 17.3.